The van der Waals surface area contributed by atoms with Gasteiger partial charge >= 0.3 is 23.5 Å². The van der Waals surface area contributed by atoms with E-state index < -0.39 is 34.8 Å². The van der Waals surface area contributed by atoms with Crippen molar-refractivity contribution >= 4 is 22.9 Å². The first-order valence-electron chi connectivity index (χ1n) is 4.44. The maximum Gasteiger partial charge on any atom is 0.509 e. The molecule has 0 unspecified atom stereocenters. The molecule has 1 aromatic rings. The van der Waals surface area contributed by atoms with Crippen molar-refractivity contribution in [3.63, 3.8) is 0 Å². The number of nitrogens with zero attached hydrogens (tertiary/aromatic N) is 3. The van der Waals surface area contributed by atoms with Crippen molar-refractivity contribution in [3.8, 4) is 0 Å². The normalized spacial score (nSPS) is 13.1. The third-order valence-electron chi connectivity index (χ3n) is 1.94. The lowest BCUT2D eigenvalue weighted by Gasteiger charge is -2.13. The Morgan fingerprint density at radius 3 is 2.22 bits per heavy atom. The Balaban J connectivity index is 3.49. The molecule has 0 atom stereocenters. The number of hydrogen-bond donors (Lipinski definition) is 2. The van der Waals surface area contributed by atoms with E-state index in [0.717, 1.165) is 14.1 Å². The van der Waals surface area contributed by atoms with Gasteiger partial charge in [0.25, 0.3) is 0 Å². The molecule has 1 heterocycles. The van der Waals surface area contributed by atoms with Crippen LogP contribution in [0.1, 0.15) is 5.69 Å². The van der Waals surface area contributed by atoms with Crippen LogP contribution < -0.4 is 5.59 Å². The molecule has 0 aliphatic heterocycles. The van der Waals surface area contributed by atoms with Crippen LogP contribution in [0.15, 0.2) is 6.07 Å². The van der Waals surface area contributed by atoms with Gasteiger partial charge in [-0.1, -0.05) is 0 Å². The van der Waals surface area contributed by atoms with Crippen LogP contribution in [0, 0.1) is 0 Å². The molecule has 7 nitrogen and oxygen atoms in total. The molecule has 0 radical (unpaired) electrons. The Kier molecular flexibility index (Phi) is 3.77. The Morgan fingerprint density at radius 1 is 1.39 bits per heavy atom. The standard InChI is InChI=1S/C6H9BF3N3O4S/c1-12(2)18(16,17)13-5(7(14)15)3-4(11-13)6(8,9)10/h3,14-15H,1-2H3. The van der Waals surface area contributed by atoms with Crippen molar-refractivity contribution in [2.75, 3.05) is 14.1 Å². The number of halogens is 3. The van der Waals surface area contributed by atoms with Gasteiger partial charge in [0.05, 0.1) is 5.59 Å². The van der Waals surface area contributed by atoms with E-state index in [1.54, 1.807) is 0 Å². The van der Waals surface area contributed by atoms with E-state index in [0.29, 0.717) is 4.31 Å². The summed E-state index contributed by atoms with van der Waals surface area (Å²) in [5.41, 5.74) is -2.42. The molecular formula is C6H9BF3N3O4S. The zero-order chi connectivity index (χ0) is 14.3. The topological polar surface area (TPSA) is 95.7 Å². The number of alkyl halides is 3. The largest absolute Gasteiger partial charge is 0.509 e. The number of hydrogen-bond acceptors (Lipinski definition) is 5. The summed E-state index contributed by atoms with van der Waals surface area (Å²) in [5, 5.41) is 20.6. The highest BCUT2D eigenvalue weighted by Gasteiger charge is 2.39. The highest BCUT2D eigenvalue weighted by Crippen LogP contribution is 2.27. The van der Waals surface area contributed by atoms with E-state index in [4.69, 9.17) is 10.0 Å². The Bertz CT molecular complexity index is 539. The summed E-state index contributed by atoms with van der Waals surface area (Å²) in [4.78, 5) is 0. The van der Waals surface area contributed by atoms with Gasteiger partial charge in [0, 0.05) is 14.1 Å². The second-order valence-electron chi connectivity index (χ2n) is 3.46. The van der Waals surface area contributed by atoms with Crippen LogP contribution >= 0.6 is 0 Å². The van der Waals surface area contributed by atoms with E-state index in [9.17, 15) is 21.6 Å². The highest BCUT2D eigenvalue weighted by molar-refractivity contribution is 7.87. The van der Waals surface area contributed by atoms with Crippen LogP contribution in [0.5, 0.6) is 0 Å². The molecule has 0 amide bonds. The van der Waals surface area contributed by atoms with Crippen LogP contribution in [0.4, 0.5) is 13.2 Å². The van der Waals surface area contributed by atoms with E-state index >= 15 is 0 Å². The summed E-state index contributed by atoms with van der Waals surface area (Å²) in [6.45, 7) is 0. The fraction of sp³-hybridized carbons (Fsp3) is 0.500. The van der Waals surface area contributed by atoms with Gasteiger partial charge in [-0.3, -0.25) is 0 Å². The minimum atomic E-state index is -4.89. The molecule has 0 fully saturated rings. The molecular weight excluding hydrogens is 278 g/mol. The Hall–Kier alpha value is -1.11. The van der Waals surface area contributed by atoms with Gasteiger partial charge in [0.2, 0.25) is 0 Å². The molecule has 18 heavy (non-hydrogen) atoms. The lowest BCUT2D eigenvalue weighted by molar-refractivity contribution is -0.141. The van der Waals surface area contributed by atoms with Crippen LogP contribution in [0.2, 0.25) is 0 Å². The summed E-state index contributed by atoms with van der Waals surface area (Å²) >= 11 is 0. The van der Waals surface area contributed by atoms with Crippen molar-refractivity contribution in [1.82, 2.24) is 13.5 Å². The molecule has 0 aliphatic carbocycles. The van der Waals surface area contributed by atoms with Gasteiger partial charge < -0.3 is 10.0 Å². The SMILES string of the molecule is CN(C)S(=O)(=O)n1nc(C(F)(F)F)cc1B(O)O. The molecule has 0 saturated carbocycles. The maximum atomic E-state index is 12.4. The molecule has 1 aromatic heterocycles. The van der Waals surface area contributed by atoms with Gasteiger partial charge in [-0.2, -0.15) is 35.1 Å². The summed E-state index contributed by atoms with van der Waals surface area (Å²) in [7, 11) is -4.64. The summed E-state index contributed by atoms with van der Waals surface area (Å²) in [6, 6.07) is 0.256. The van der Waals surface area contributed by atoms with Gasteiger partial charge in [-0.05, 0) is 6.07 Å². The van der Waals surface area contributed by atoms with E-state index in [-0.39, 0.29) is 10.2 Å². The van der Waals surface area contributed by atoms with Crippen molar-refractivity contribution in [2.24, 2.45) is 0 Å². The second-order valence-corrected chi connectivity index (χ2v) is 5.43. The third-order valence-corrected chi connectivity index (χ3v) is 3.59. The molecule has 2 N–H and O–H groups in total. The van der Waals surface area contributed by atoms with E-state index in [1.165, 1.54) is 0 Å². The quantitative estimate of drug-likeness (QED) is 0.642. The van der Waals surface area contributed by atoms with Crippen molar-refractivity contribution in [3.05, 3.63) is 11.8 Å². The van der Waals surface area contributed by atoms with Crippen LogP contribution in [0.25, 0.3) is 0 Å². The van der Waals surface area contributed by atoms with Gasteiger partial charge in [0.1, 0.15) is 0 Å². The maximum absolute atomic E-state index is 12.4. The zero-order valence-electron chi connectivity index (χ0n) is 9.25. The van der Waals surface area contributed by atoms with Gasteiger partial charge in [0.15, 0.2) is 5.69 Å². The minimum absolute atomic E-state index is 0.0690. The molecule has 0 bridgehead atoms. The summed E-state index contributed by atoms with van der Waals surface area (Å²) in [6.07, 6.45) is -4.89. The average Bonchev–Trinajstić information content (AvgIpc) is 2.60. The summed E-state index contributed by atoms with van der Waals surface area (Å²) < 4.78 is 60.9. The Morgan fingerprint density at radius 2 is 1.89 bits per heavy atom. The molecule has 0 saturated heterocycles. The van der Waals surface area contributed by atoms with Crippen molar-refractivity contribution in [1.29, 1.82) is 0 Å². The first kappa shape index (κ1) is 15.0. The number of aromatic nitrogens is 2. The van der Waals surface area contributed by atoms with Crippen molar-refractivity contribution < 1.29 is 31.6 Å². The van der Waals surface area contributed by atoms with E-state index in [2.05, 4.69) is 5.10 Å². The van der Waals surface area contributed by atoms with Gasteiger partial charge in [-0.15, -0.1) is 0 Å². The molecule has 0 aromatic carbocycles. The fourth-order valence-electron chi connectivity index (χ4n) is 1.03. The molecule has 1 rings (SSSR count). The lowest BCUT2D eigenvalue weighted by atomic mass is 9.86. The predicted octanol–water partition coefficient (Wildman–Crippen LogP) is -1.76. The Labute approximate surface area is 101 Å². The number of rotatable bonds is 3. The second kappa shape index (κ2) is 4.53. The van der Waals surface area contributed by atoms with Crippen molar-refractivity contribution in [2.45, 2.75) is 6.18 Å². The lowest BCUT2D eigenvalue weighted by Crippen LogP contribution is -2.43. The summed E-state index contributed by atoms with van der Waals surface area (Å²) in [5.74, 6) is 0. The molecule has 102 valence electrons. The van der Waals surface area contributed by atoms with Crippen LogP contribution in [0.3, 0.4) is 0 Å². The van der Waals surface area contributed by atoms with E-state index in [1.807, 2.05) is 0 Å². The predicted molar refractivity (Wildman–Crippen MR) is 55.1 cm³/mol. The monoisotopic (exact) mass is 287 g/mol. The zero-order valence-corrected chi connectivity index (χ0v) is 10.1. The third kappa shape index (κ3) is 2.66. The first-order valence-corrected chi connectivity index (χ1v) is 5.84. The molecule has 0 aliphatic rings. The molecule has 12 heteroatoms. The molecule has 0 spiro atoms. The average molecular weight is 287 g/mol. The fourth-order valence-corrected chi connectivity index (χ4v) is 1.94. The van der Waals surface area contributed by atoms with Crippen LogP contribution in [-0.4, -0.2) is 53.2 Å². The van der Waals surface area contributed by atoms with Gasteiger partial charge in [-0.25, -0.2) is 0 Å². The first-order chi connectivity index (χ1) is 7.98. The highest BCUT2D eigenvalue weighted by atomic mass is 32.2. The minimum Gasteiger partial charge on any atom is -0.422 e. The van der Waals surface area contributed by atoms with Crippen LogP contribution in [-0.2, 0) is 16.4 Å². The smallest absolute Gasteiger partial charge is 0.422 e.